The zero-order valence-electron chi connectivity index (χ0n) is 9.64. The summed E-state index contributed by atoms with van der Waals surface area (Å²) >= 11 is 0. The monoisotopic (exact) mass is 216 g/mol. The first-order valence-electron chi connectivity index (χ1n) is 5.56. The molecule has 16 heavy (non-hydrogen) atoms. The SMILES string of the molecule is CC1CN(c2ccnc(C#N)c2)CC(C)N1. The normalized spacial score (nSPS) is 25.2. The van der Waals surface area contributed by atoms with Crippen molar-refractivity contribution in [2.75, 3.05) is 18.0 Å². The van der Waals surface area contributed by atoms with Crippen molar-refractivity contribution in [1.82, 2.24) is 10.3 Å². The number of hydrogen-bond donors (Lipinski definition) is 1. The van der Waals surface area contributed by atoms with Crippen LogP contribution in [0, 0.1) is 11.3 Å². The van der Waals surface area contributed by atoms with Crippen LogP contribution in [0.4, 0.5) is 5.69 Å². The van der Waals surface area contributed by atoms with Gasteiger partial charge >= 0.3 is 0 Å². The van der Waals surface area contributed by atoms with Crippen LogP contribution in [-0.2, 0) is 0 Å². The Kier molecular flexibility index (Phi) is 3.07. The Bertz CT molecular complexity index is 400. The lowest BCUT2D eigenvalue weighted by Crippen LogP contribution is -2.54. The molecular weight excluding hydrogens is 200 g/mol. The van der Waals surface area contributed by atoms with E-state index < -0.39 is 0 Å². The third-order valence-electron chi connectivity index (χ3n) is 2.78. The molecule has 1 fully saturated rings. The van der Waals surface area contributed by atoms with Gasteiger partial charge in [-0.3, -0.25) is 0 Å². The number of aromatic nitrogens is 1. The maximum atomic E-state index is 8.82. The summed E-state index contributed by atoms with van der Waals surface area (Å²) in [6.45, 7) is 6.29. The third-order valence-corrected chi connectivity index (χ3v) is 2.78. The molecule has 0 saturated carbocycles. The molecule has 4 nitrogen and oxygen atoms in total. The van der Waals surface area contributed by atoms with E-state index in [4.69, 9.17) is 5.26 Å². The Hall–Kier alpha value is -1.60. The van der Waals surface area contributed by atoms with Crippen LogP contribution in [-0.4, -0.2) is 30.2 Å². The van der Waals surface area contributed by atoms with Gasteiger partial charge in [-0.15, -0.1) is 0 Å². The number of nitrogens with zero attached hydrogens (tertiary/aromatic N) is 3. The van der Waals surface area contributed by atoms with Gasteiger partial charge in [0.25, 0.3) is 0 Å². The fraction of sp³-hybridized carbons (Fsp3) is 0.500. The van der Waals surface area contributed by atoms with Gasteiger partial charge in [-0.05, 0) is 26.0 Å². The van der Waals surface area contributed by atoms with Crippen LogP contribution in [0.5, 0.6) is 0 Å². The van der Waals surface area contributed by atoms with E-state index in [0.717, 1.165) is 18.8 Å². The highest BCUT2D eigenvalue weighted by Gasteiger charge is 2.21. The summed E-state index contributed by atoms with van der Waals surface area (Å²) < 4.78 is 0. The van der Waals surface area contributed by atoms with Crippen molar-refractivity contribution in [2.24, 2.45) is 0 Å². The van der Waals surface area contributed by atoms with E-state index >= 15 is 0 Å². The predicted octanol–water partition coefficient (Wildman–Crippen LogP) is 1.14. The van der Waals surface area contributed by atoms with Crippen LogP contribution in [0.1, 0.15) is 19.5 Å². The molecule has 0 spiro atoms. The zero-order valence-corrected chi connectivity index (χ0v) is 9.64. The summed E-state index contributed by atoms with van der Waals surface area (Å²) in [7, 11) is 0. The Balaban J connectivity index is 2.20. The molecule has 1 aliphatic heterocycles. The quantitative estimate of drug-likeness (QED) is 0.765. The molecule has 2 unspecified atom stereocenters. The van der Waals surface area contributed by atoms with Gasteiger partial charge in [-0.25, -0.2) is 4.98 Å². The van der Waals surface area contributed by atoms with Gasteiger partial charge in [0.05, 0.1) is 0 Å². The topological polar surface area (TPSA) is 52.0 Å². The number of rotatable bonds is 1. The first-order chi connectivity index (χ1) is 7.69. The number of anilines is 1. The number of nitrogens with one attached hydrogen (secondary N) is 1. The predicted molar refractivity (Wildman–Crippen MR) is 63.2 cm³/mol. The van der Waals surface area contributed by atoms with E-state index in [2.05, 4.69) is 35.1 Å². The van der Waals surface area contributed by atoms with Gasteiger partial charge in [-0.2, -0.15) is 5.26 Å². The smallest absolute Gasteiger partial charge is 0.142 e. The number of nitriles is 1. The van der Waals surface area contributed by atoms with Crippen LogP contribution in [0.15, 0.2) is 18.3 Å². The molecule has 1 aromatic heterocycles. The minimum absolute atomic E-state index is 0.474. The molecule has 1 N–H and O–H groups in total. The van der Waals surface area contributed by atoms with Crippen LogP contribution >= 0.6 is 0 Å². The highest BCUT2D eigenvalue weighted by atomic mass is 15.2. The largest absolute Gasteiger partial charge is 0.368 e. The van der Waals surface area contributed by atoms with Crippen molar-refractivity contribution >= 4 is 5.69 Å². The van der Waals surface area contributed by atoms with Crippen LogP contribution in [0.2, 0.25) is 0 Å². The molecular formula is C12H16N4. The van der Waals surface area contributed by atoms with Crippen molar-refractivity contribution in [2.45, 2.75) is 25.9 Å². The second-order valence-corrected chi connectivity index (χ2v) is 4.38. The van der Waals surface area contributed by atoms with Gasteiger partial charge in [-0.1, -0.05) is 0 Å². The molecule has 84 valence electrons. The molecule has 0 bridgehead atoms. The zero-order chi connectivity index (χ0) is 11.5. The molecule has 2 atom stereocenters. The highest BCUT2D eigenvalue weighted by Crippen LogP contribution is 2.17. The van der Waals surface area contributed by atoms with E-state index in [1.165, 1.54) is 0 Å². The summed E-state index contributed by atoms with van der Waals surface area (Å²) in [5, 5.41) is 12.3. The summed E-state index contributed by atoms with van der Waals surface area (Å²) in [6.07, 6.45) is 1.70. The minimum atomic E-state index is 0.474. The Labute approximate surface area is 95.9 Å². The Morgan fingerprint density at radius 1 is 1.44 bits per heavy atom. The molecule has 1 saturated heterocycles. The van der Waals surface area contributed by atoms with Crippen molar-refractivity contribution in [1.29, 1.82) is 5.26 Å². The van der Waals surface area contributed by atoms with Crippen molar-refractivity contribution in [3.8, 4) is 6.07 Å². The molecule has 1 aliphatic rings. The second kappa shape index (κ2) is 4.50. The Morgan fingerprint density at radius 2 is 2.12 bits per heavy atom. The fourth-order valence-corrected chi connectivity index (χ4v) is 2.21. The van der Waals surface area contributed by atoms with Crippen LogP contribution in [0.25, 0.3) is 0 Å². The molecule has 2 rings (SSSR count). The molecule has 0 aromatic carbocycles. The minimum Gasteiger partial charge on any atom is -0.368 e. The standard InChI is InChI=1S/C12H16N4/c1-9-7-16(8-10(2)15-9)12-3-4-14-11(5-12)6-13/h3-5,9-10,15H,7-8H2,1-2H3. The summed E-state index contributed by atoms with van der Waals surface area (Å²) in [5.41, 5.74) is 1.57. The van der Waals surface area contributed by atoms with Crippen molar-refractivity contribution < 1.29 is 0 Å². The Morgan fingerprint density at radius 3 is 2.75 bits per heavy atom. The average Bonchev–Trinajstić information content (AvgIpc) is 2.28. The first kappa shape index (κ1) is 10.9. The molecule has 2 heterocycles. The van der Waals surface area contributed by atoms with Gasteiger partial charge in [0.1, 0.15) is 11.8 Å². The van der Waals surface area contributed by atoms with Crippen LogP contribution < -0.4 is 10.2 Å². The lowest BCUT2D eigenvalue weighted by atomic mass is 10.1. The number of hydrogen-bond acceptors (Lipinski definition) is 4. The summed E-state index contributed by atoms with van der Waals surface area (Å²) in [6, 6.07) is 6.84. The summed E-state index contributed by atoms with van der Waals surface area (Å²) in [5.74, 6) is 0. The number of pyridine rings is 1. The van der Waals surface area contributed by atoms with E-state index in [9.17, 15) is 0 Å². The van der Waals surface area contributed by atoms with Gasteiger partial charge in [0.2, 0.25) is 0 Å². The van der Waals surface area contributed by atoms with E-state index in [1.807, 2.05) is 12.1 Å². The third kappa shape index (κ3) is 2.31. The summed E-state index contributed by atoms with van der Waals surface area (Å²) in [4.78, 5) is 6.29. The fourth-order valence-electron chi connectivity index (χ4n) is 2.21. The average molecular weight is 216 g/mol. The number of piperazine rings is 1. The molecule has 0 aliphatic carbocycles. The maximum Gasteiger partial charge on any atom is 0.142 e. The van der Waals surface area contributed by atoms with Gasteiger partial charge in [0.15, 0.2) is 0 Å². The lowest BCUT2D eigenvalue weighted by Gasteiger charge is -2.37. The van der Waals surface area contributed by atoms with Crippen molar-refractivity contribution in [3.63, 3.8) is 0 Å². The highest BCUT2D eigenvalue weighted by molar-refractivity contribution is 5.49. The molecule has 0 amide bonds. The van der Waals surface area contributed by atoms with Gasteiger partial charge in [0, 0.05) is 37.1 Å². The molecule has 4 heteroatoms. The van der Waals surface area contributed by atoms with Crippen molar-refractivity contribution in [3.05, 3.63) is 24.0 Å². The molecule has 0 radical (unpaired) electrons. The van der Waals surface area contributed by atoms with Gasteiger partial charge < -0.3 is 10.2 Å². The second-order valence-electron chi connectivity index (χ2n) is 4.38. The maximum absolute atomic E-state index is 8.82. The molecule has 1 aromatic rings. The first-order valence-corrected chi connectivity index (χ1v) is 5.56. The van der Waals surface area contributed by atoms with E-state index in [1.54, 1.807) is 6.20 Å². The lowest BCUT2D eigenvalue weighted by molar-refractivity contribution is 0.407. The van der Waals surface area contributed by atoms with E-state index in [0.29, 0.717) is 17.8 Å². The van der Waals surface area contributed by atoms with Crippen LogP contribution in [0.3, 0.4) is 0 Å². The van der Waals surface area contributed by atoms with E-state index in [-0.39, 0.29) is 0 Å².